The van der Waals surface area contributed by atoms with E-state index in [1.54, 1.807) is 0 Å². The summed E-state index contributed by atoms with van der Waals surface area (Å²) in [5.74, 6) is 0. The summed E-state index contributed by atoms with van der Waals surface area (Å²) in [6.45, 7) is 0. The molecule has 0 aromatic carbocycles. The predicted molar refractivity (Wildman–Crippen MR) is 101 cm³/mol. The second-order valence-corrected chi connectivity index (χ2v) is 7.26. The van der Waals surface area contributed by atoms with E-state index < -0.39 is 0 Å². The SMILES string of the molecule is BrCCCCCCCCC=CCCCCCCCCBr. The fourth-order valence-electron chi connectivity index (χ4n) is 2.36. The molecule has 0 rings (SSSR count). The Kier molecular flexibility index (Phi) is 20.4. The van der Waals surface area contributed by atoms with Crippen LogP contribution in [0.5, 0.6) is 0 Å². The van der Waals surface area contributed by atoms with E-state index in [-0.39, 0.29) is 0 Å². The number of allylic oxidation sites excluding steroid dienone is 2. The Balaban J connectivity index is 3.01. The first-order valence-electron chi connectivity index (χ1n) is 8.68. The molecule has 0 atom stereocenters. The van der Waals surface area contributed by atoms with Gasteiger partial charge < -0.3 is 0 Å². The van der Waals surface area contributed by atoms with Crippen LogP contribution in [0, 0.1) is 0 Å². The minimum atomic E-state index is 1.17. The van der Waals surface area contributed by atoms with Crippen molar-refractivity contribution in [2.24, 2.45) is 0 Å². The normalized spacial score (nSPS) is 11.5. The average Bonchev–Trinajstić information content (AvgIpc) is 2.47. The summed E-state index contributed by atoms with van der Waals surface area (Å²) in [6, 6.07) is 0. The van der Waals surface area contributed by atoms with E-state index >= 15 is 0 Å². The van der Waals surface area contributed by atoms with Crippen LogP contribution in [0.25, 0.3) is 0 Å². The van der Waals surface area contributed by atoms with Crippen molar-refractivity contribution in [3.05, 3.63) is 12.2 Å². The van der Waals surface area contributed by atoms with Gasteiger partial charge in [-0.05, 0) is 38.5 Å². The van der Waals surface area contributed by atoms with E-state index in [0.717, 1.165) is 0 Å². The molecule has 0 heterocycles. The Labute approximate surface area is 144 Å². The summed E-state index contributed by atoms with van der Waals surface area (Å²) in [4.78, 5) is 0. The monoisotopic (exact) mass is 408 g/mol. The molecule has 0 aromatic rings. The third-order valence-electron chi connectivity index (χ3n) is 3.68. The fraction of sp³-hybridized carbons (Fsp3) is 0.889. The summed E-state index contributed by atoms with van der Waals surface area (Å²) in [5, 5.41) is 2.35. The molecule has 0 N–H and O–H groups in total. The zero-order chi connectivity index (χ0) is 14.7. The van der Waals surface area contributed by atoms with Crippen LogP contribution >= 0.6 is 31.9 Å². The Morgan fingerprint density at radius 3 is 1.05 bits per heavy atom. The Morgan fingerprint density at radius 2 is 0.700 bits per heavy atom. The molecule has 0 aliphatic carbocycles. The number of unbranched alkanes of at least 4 members (excludes halogenated alkanes) is 12. The van der Waals surface area contributed by atoms with Gasteiger partial charge in [-0.15, -0.1) is 0 Å². The topological polar surface area (TPSA) is 0 Å². The Bertz CT molecular complexity index is 170. The van der Waals surface area contributed by atoms with Crippen molar-refractivity contribution in [2.45, 2.75) is 89.9 Å². The minimum Gasteiger partial charge on any atom is -0.0928 e. The molecule has 0 saturated carbocycles. The number of halogens is 2. The molecule has 0 aromatic heterocycles. The van der Waals surface area contributed by atoms with Gasteiger partial charge in [0.25, 0.3) is 0 Å². The van der Waals surface area contributed by atoms with Crippen molar-refractivity contribution in [3.8, 4) is 0 Å². The highest BCUT2D eigenvalue weighted by Gasteiger charge is 1.91. The van der Waals surface area contributed by atoms with Gasteiger partial charge in [0.05, 0.1) is 0 Å². The van der Waals surface area contributed by atoms with Crippen LogP contribution < -0.4 is 0 Å². The van der Waals surface area contributed by atoms with Crippen molar-refractivity contribution >= 4 is 31.9 Å². The Hall–Kier alpha value is 0.700. The summed E-state index contributed by atoms with van der Waals surface area (Å²) in [6.07, 6.45) is 24.2. The first-order valence-corrected chi connectivity index (χ1v) is 10.9. The lowest BCUT2D eigenvalue weighted by atomic mass is 10.1. The second-order valence-electron chi connectivity index (χ2n) is 5.67. The van der Waals surface area contributed by atoms with Gasteiger partial charge in [-0.25, -0.2) is 0 Å². The van der Waals surface area contributed by atoms with Crippen molar-refractivity contribution in [3.63, 3.8) is 0 Å². The lowest BCUT2D eigenvalue weighted by Crippen LogP contribution is -1.81. The van der Waals surface area contributed by atoms with Gasteiger partial charge in [0, 0.05) is 10.7 Å². The summed E-state index contributed by atoms with van der Waals surface area (Å²) >= 11 is 6.97. The van der Waals surface area contributed by atoms with E-state index in [1.807, 2.05) is 0 Å². The van der Waals surface area contributed by atoms with E-state index in [0.29, 0.717) is 0 Å². The van der Waals surface area contributed by atoms with Crippen LogP contribution in [-0.2, 0) is 0 Å². The lowest BCUT2D eigenvalue weighted by molar-refractivity contribution is 0.609. The van der Waals surface area contributed by atoms with Crippen molar-refractivity contribution < 1.29 is 0 Å². The van der Waals surface area contributed by atoms with Crippen LogP contribution in [-0.4, -0.2) is 10.7 Å². The first kappa shape index (κ1) is 20.7. The largest absolute Gasteiger partial charge is 0.0928 e. The van der Waals surface area contributed by atoms with Crippen LogP contribution in [0.15, 0.2) is 12.2 Å². The van der Waals surface area contributed by atoms with Gasteiger partial charge >= 0.3 is 0 Å². The highest BCUT2D eigenvalue weighted by atomic mass is 79.9. The molecular weight excluding hydrogens is 376 g/mol. The standard InChI is InChI=1S/C18H34Br2/c19-17-15-13-11-9-7-5-3-1-2-4-6-8-10-12-14-16-18-20/h1-2H,3-18H2. The summed E-state index contributed by atoms with van der Waals surface area (Å²) in [5.41, 5.74) is 0. The van der Waals surface area contributed by atoms with Gasteiger partial charge in [-0.3, -0.25) is 0 Å². The van der Waals surface area contributed by atoms with Gasteiger partial charge in [-0.2, -0.15) is 0 Å². The lowest BCUT2D eigenvalue weighted by Gasteiger charge is -1.99. The molecule has 0 nitrogen and oxygen atoms in total. The fourth-order valence-corrected chi connectivity index (χ4v) is 3.16. The molecule has 2 heteroatoms. The highest BCUT2D eigenvalue weighted by Crippen LogP contribution is 2.10. The molecule has 0 amide bonds. The maximum atomic E-state index is 3.48. The van der Waals surface area contributed by atoms with Crippen molar-refractivity contribution in [1.82, 2.24) is 0 Å². The molecule has 0 aliphatic heterocycles. The number of hydrogen-bond donors (Lipinski definition) is 0. The van der Waals surface area contributed by atoms with Crippen LogP contribution in [0.1, 0.15) is 89.9 Å². The molecule has 0 unspecified atom stereocenters. The first-order chi connectivity index (χ1) is 9.91. The maximum Gasteiger partial charge on any atom is 0.00313 e. The van der Waals surface area contributed by atoms with Crippen LogP contribution in [0.4, 0.5) is 0 Å². The number of hydrogen-bond acceptors (Lipinski definition) is 0. The average molecular weight is 410 g/mol. The molecule has 0 saturated heterocycles. The van der Waals surface area contributed by atoms with Gasteiger partial charge in [0.1, 0.15) is 0 Å². The van der Waals surface area contributed by atoms with E-state index in [1.165, 1.54) is 101 Å². The van der Waals surface area contributed by atoms with Gasteiger partial charge in [-0.1, -0.05) is 95.4 Å². The third kappa shape index (κ3) is 18.7. The molecule has 0 bridgehead atoms. The smallest absolute Gasteiger partial charge is 0.00313 e. The van der Waals surface area contributed by atoms with Gasteiger partial charge in [0.2, 0.25) is 0 Å². The summed E-state index contributed by atoms with van der Waals surface area (Å²) < 4.78 is 0. The molecule has 0 fully saturated rings. The third-order valence-corrected chi connectivity index (χ3v) is 4.80. The number of rotatable bonds is 16. The minimum absolute atomic E-state index is 1.17. The van der Waals surface area contributed by atoms with Crippen molar-refractivity contribution in [1.29, 1.82) is 0 Å². The molecule has 0 spiro atoms. The zero-order valence-corrected chi connectivity index (χ0v) is 16.4. The van der Waals surface area contributed by atoms with Crippen LogP contribution in [0.2, 0.25) is 0 Å². The molecule has 120 valence electrons. The maximum absolute atomic E-state index is 3.48. The van der Waals surface area contributed by atoms with E-state index in [4.69, 9.17) is 0 Å². The summed E-state index contributed by atoms with van der Waals surface area (Å²) in [7, 11) is 0. The molecular formula is C18H34Br2. The molecule has 0 radical (unpaired) electrons. The van der Waals surface area contributed by atoms with E-state index in [9.17, 15) is 0 Å². The highest BCUT2D eigenvalue weighted by molar-refractivity contribution is 9.09. The van der Waals surface area contributed by atoms with Gasteiger partial charge in [0.15, 0.2) is 0 Å². The zero-order valence-electron chi connectivity index (χ0n) is 13.2. The molecule has 0 aliphatic rings. The van der Waals surface area contributed by atoms with Crippen LogP contribution in [0.3, 0.4) is 0 Å². The number of alkyl halides is 2. The predicted octanol–water partition coefficient (Wildman–Crippen LogP) is 7.79. The van der Waals surface area contributed by atoms with E-state index in [2.05, 4.69) is 44.0 Å². The molecule has 20 heavy (non-hydrogen) atoms. The van der Waals surface area contributed by atoms with Crippen molar-refractivity contribution in [2.75, 3.05) is 10.7 Å². The quantitative estimate of drug-likeness (QED) is 0.138. The second kappa shape index (κ2) is 19.7. The Morgan fingerprint density at radius 1 is 0.400 bits per heavy atom.